The van der Waals surface area contributed by atoms with E-state index in [1.54, 1.807) is 6.20 Å². The zero-order chi connectivity index (χ0) is 17.7. The van der Waals surface area contributed by atoms with Gasteiger partial charge in [-0.15, -0.1) is 0 Å². The number of rotatable bonds is 3. The highest BCUT2D eigenvalue weighted by Crippen LogP contribution is 2.29. The van der Waals surface area contributed by atoms with Gasteiger partial charge in [0.2, 0.25) is 5.78 Å². The van der Waals surface area contributed by atoms with Crippen LogP contribution in [0.3, 0.4) is 0 Å². The van der Waals surface area contributed by atoms with E-state index in [4.69, 9.17) is 0 Å². The average Bonchev–Trinajstić information content (AvgIpc) is 3.38. The van der Waals surface area contributed by atoms with Crippen molar-refractivity contribution in [2.75, 3.05) is 6.54 Å². The Bertz CT molecular complexity index is 1190. The number of benzene rings is 2. The minimum Gasteiger partial charge on any atom is -0.361 e. The van der Waals surface area contributed by atoms with Crippen LogP contribution in [0.5, 0.6) is 0 Å². The number of hydrogen-bond acceptors (Lipinski definition) is 3. The van der Waals surface area contributed by atoms with Crippen molar-refractivity contribution < 1.29 is 4.79 Å². The van der Waals surface area contributed by atoms with Crippen molar-refractivity contribution in [2.24, 2.45) is 4.99 Å². The van der Waals surface area contributed by atoms with E-state index < -0.39 is 0 Å². The first kappa shape index (κ1) is 15.4. The summed E-state index contributed by atoms with van der Waals surface area (Å²) in [5.41, 5.74) is 3.79. The van der Waals surface area contributed by atoms with Crippen molar-refractivity contribution >= 4 is 49.4 Å². The lowest BCUT2D eigenvalue weighted by Gasteiger charge is -2.10. The third kappa shape index (κ3) is 2.37. The van der Waals surface area contributed by atoms with Gasteiger partial charge in [0.05, 0.1) is 18.2 Å². The Morgan fingerprint density at radius 3 is 2.81 bits per heavy atom. The number of carbonyl (C=O) groups excluding carboxylic acids is 1. The predicted octanol–water partition coefficient (Wildman–Crippen LogP) is 4.34. The van der Waals surface area contributed by atoms with E-state index in [1.165, 1.54) is 0 Å². The molecule has 5 nitrogen and oxygen atoms in total. The first-order valence-corrected chi connectivity index (χ1v) is 9.18. The van der Waals surface area contributed by atoms with Gasteiger partial charge in [0.15, 0.2) is 5.84 Å². The molecule has 26 heavy (non-hydrogen) atoms. The highest BCUT2D eigenvalue weighted by molar-refractivity contribution is 9.10. The summed E-state index contributed by atoms with van der Waals surface area (Å²) in [4.78, 5) is 23.8. The minimum absolute atomic E-state index is 0.00548. The summed E-state index contributed by atoms with van der Waals surface area (Å²) in [7, 11) is 0. The second-order valence-corrected chi connectivity index (χ2v) is 7.31. The van der Waals surface area contributed by atoms with Crippen LogP contribution < -0.4 is 5.32 Å². The van der Waals surface area contributed by atoms with Crippen molar-refractivity contribution in [3.05, 3.63) is 70.5 Å². The quantitative estimate of drug-likeness (QED) is 0.442. The lowest BCUT2D eigenvalue weighted by Crippen LogP contribution is -2.29. The SMILES string of the molecule is O=C(C1=NC[C@H](c2c[nH]c3cc(Br)ccc23)N1)c1c[nH]c2ccccc12. The molecule has 6 heteroatoms. The van der Waals surface area contributed by atoms with Gasteiger partial charge in [-0.05, 0) is 18.2 Å². The molecule has 0 amide bonds. The van der Waals surface area contributed by atoms with Gasteiger partial charge in [-0.2, -0.15) is 0 Å². The second-order valence-electron chi connectivity index (χ2n) is 6.40. The molecule has 3 heterocycles. The lowest BCUT2D eigenvalue weighted by atomic mass is 10.1. The molecule has 0 radical (unpaired) electrons. The summed E-state index contributed by atoms with van der Waals surface area (Å²) >= 11 is 3.49. The summed E-state index contributed by atoms with van der Waals surface area (Å²) in [6.07, 6.45) is 3.75. The van der Waals surface area contributed by atoms with Gasteiger partial charge >= 0.3 is 0 Å². The van der Waals surface area contributed by atoms with Crippen LogP contribution in [-0.4, -0.2) is 28.1 Å². The van der Waals surface area contributed by atoms with Crippen LogP contribution in [-0.2, 0) is 0 Å². The zero-order valence-electron chi connectivity index (χ0n) is 13.7. The molecule has 0 bridgehead atoms. The van der Waals surface area contributed by atoms with Crippen molar-refractivity contribution in [3.63, 3.8) is 0 Å². The average molecular weight is 407 g/mol. The molecule has 3 N–H and O–H groups in total. The number of hydrogen-bond donors (Lipinski definition) is 3. The van der Waals surface area contributed by atoms with Gasteiger partial charge in [-0.1, -0.05) is 40.2 Å². The number of ketones is 1. The third-order valence-electron chi connectivity index (χ3n) is 4.84. The van der Waals surface area contributed by atoms with Gasteiger partial charge in [0.1, 0.15) is 0 Å². The predicted molar refractivity (Wildman–Crippen MR) is 107 cm³/mol. The Labute approximate surface area is 157 Å². The fraction of sp³-hybridized carbons (Fsp3) is 0.100. The monoisotopic (exact) mass is 406 g/mol. The molecule has 0 unspecified atom stereocenters. The molecule has 5 rings (SSSR count). The number of Topliss-reactive ketones (excluding diaryl/α,β-unsaturated/α-hetero) is 1. The highest BCUT2D eigenvalue weighted by atomic mass is 79.9. The molecule has 1 atom stereocenters. The summed E-state index contributed by atoms with van der Waals surface area (Å²) in [5.74, 6) is 0.346. The maximum atomic E-state index is 12.9. The molecule has 0 saturated heterocycles. The van der Waals surface area contributed by atoms with E-state index in [9.17, 15) is 4.79 Å². The fourth-order valence-electron chi connectivity index (χ4n) is 3.55. The number of aromatic nitrogens is 2. The number of fused-ring (bicyclic) bond motifs is 2. The van der Waals surface area contributed by atoms with Crippen LogP contribution in [0.2, 0.25) is 0 Å². The van der Waals surface area contributed by atoms with Gasteiger partial charge in [0.25, 0.3) is 0 Å². The zero-order valence-corrected chi connectivity index (χ0v) is 15.3. The number of aromatic amines is 2. The van der Waals surface area contributed by atoms with Crippen LogP contribution in [0.1, 0.15) is 22.0 Å². The van der Waals surface area contributed by atoms with E-state index in [-0.39, 0.29) is 11.8 Å². The smallest absolute Gasteiger partial charge is 0.229 e. The molecule has 0 fully saturated rings. The third-order valence-corrected chi connectivity index (χ3v) is 5.34. The number of nitrogens with one attached hydrogen (secondary N) is 3. The summed E-state index contributed by atoms with van der Waals surface area (Å²) in [5, 5.41) is 5.37. The first-order chi connectivity index (χ1) is 12.7. The van der Waals surface area contributed by atoms with Gasteiger partial charge < -0.3 is 15.3 Å². The molecule has 4 aromatic rings. The molecule has 0 spiro atoms. The number of nitrogens with zero attached hydrogens (tertiary/aromatic N) is 1. The Balaban J connectivity index is 1.43. The summed E-state index contributed by atoms with van der Waals surface area (Å²) < 4.78 is 1.03. The van der Waals surface area contributed by atoms with E-state index in [0.717, 1.165) is 31.8 Å². The Hall–Kier alpha value is -2.86. The van der Waals surface area contributed by atoms with Crippen molar-refractivity contribution in [2.45, 2.75) is 6.04 Å². The maximum absolute atomic E-state index is 12.9. The number of para-hydroxylation sites is 1. The number of carbonyl (C=O) groups is 1. The van der Waals surface area contributed by atoms with Gasteiger partial charge in [0, 0.05) is 44.2 Å². The largest absolute Gasteiger partial charge is 0.361 e. The van der Waals surface area contributed by atoms with E-state index in [1.807, 2.05) is 42.6 Å². The number of amidine groups is 1. The Morgan fingerprint density at radius 1 is 1.04 bits per heavy atom. The van der Waals surface area contributed by atoms with Crippen LogP contribution in [0.4, 0.5) is 0 Å². The van der Waals surface area contributed by atoms with Gasteiger partial charge in [-0.3, -0.25) is 9.79 Å². The molecule has 1 aliphatic rings. The molecule has 0 aliphatic carbocycles. The van der Waals surface area contributed by atoms with Crippen LogP contribution in [0.15, 0.2) is 64.3 Å². The molecule has 2 aromatic heterocycles. The lowest BCUT2D eigenvalue weighted by molar-refractivity contribution is 0.106. The van der Waals surface area contributed by atoms with Gasteiger partial charge in [-0.25, -0.2) is 0 Å². The normalized spacial score (nSPS) is 16.8. The van der Waals surface area contributed by atoms with E-state index in [2.05, 4.69) is 42.3 Å². The number of H-pyrrole nitrogens is 2. The van der Waals surface area contributed by atoms with E-state index >= 15 is 0 Å². The number of halogens is 1. The molecule has 128 valence electrons. The van der Waals surface area contributed by atoms with Crippen molar-refractivity contribution in [3.8, 4) is 0 Å². The number of aliphatic imine (C=N–C) groups is 1. The molecular weight excluding hydrogens is 392 g/mol. The summed E-state index contributed by atoms with van der Waals surface area (Å²) in [6, 6.07) is 13.9. The molecular formula is C20H15BrN4O. The minimum atomic E-state index is -0.0764. The van der Waals surface area contributed by atoms with Crippen LogP contribution >= 0.6 is 15.9 Å². The second kappa shape index (κ2) is 5.85. The Morgan fingerprint density at radius 2 is 1.88 bits per heavy atom. The maximum Gasteiger partial charge on any atom is 0.229 e. The van der Waals surface area contributed by atoms with Crippen molar-refractivity contribution in [1.29, 1.82) is 0 Å². The van der Waals surface area contributed by atoms with Crippen LogP contribution in [0.25, 0.3) is 21.8 Å². The van der Waals surface area contributed by atoms with Crippen molar-refractivity contribution in [1.82, 2.24) is 15.3 Å². The standard InChI is InChI=1S/C20H15BrN4O/c21-11-5-6-13-14(8-23-17(13)7-11)18-10-24-20(25-18)19(26)15-9-22-16-4-2-1-3-12(15)16/h1-9,18,22-23H,10H2,(H,24,25)/t18-/m1/s1. The topological polar surface area (TPSA) is 73.0 Å². The molecule has 0 saturated carbocycles. The summed E-state index contributed by atoms with van der Waals surface area (Å²) in [6.45, 7) is 0.548. The molecule has 2 aromatic carbocycles. The molecule has 1 aliphatic heterocycles. The Kier molecular flexibility index (Phi) is 3.46. The van der Waals surface area contributed by atoms with Crippen LogP contribution in [0, 0.1) is 0 Å². The first-order valence-electron chi connectivity index (χ1n) is 8.39. The highest BCUT2D eigenvalue weighted by Gasteiger charge is 2.27. The fourth-order valence-corrected chi connectivity index (χ4v) is 3.91. The van der Waals surface area contributed by atoms with E-state index in [0.29, 0.717) is 17.9 Å².